The summed E-state index contributed by atoms with van der Waals surface area (Å²) in [6.07, 6.45) is -1.42. The van der Waals surface area contributed by atoms with E-state index >= 15 is 0 Å². The first kappa shape index (κ1) is 15.5. The number of hydrogen-bond acceptors (Lipinski definition) is 4. The predicted molar refractivity (Wildman–Crippen MR) is 67.5 cm³/mol. The zero-order valence-corrected chi connectivity index (χ0v) is 11.0. The number of nitriles is 1. The van der Waals surface area contributed by atoms with Crippen LogP contribution in [0.3, 0.4) is 0 Å². The average molecular weight is 310 g/mol. The monoisotopic (exact) mass is 309 g/mol. The van der Waals surface area contributed by atoms with Crippen LogP contribution in [0.25, 0.3) is 0 Å². The molecule has 0 saturated heterocycles. The van der Waals surface area contributed by atoms with Gasteiger partial charge in [0.25, 0.3) is 0 Å². The van der Waals surface area contributed by atoms with Gasteiger partial charge in [0.2, 0.25) is 0 Å². The Labute approximate surface area is 116 Å². The van der Waals surface area contributed by atoms with Crippen molar-refractivity contribution < 1.29 is 17.9 Å². The van der Waals surface area contributed by atoms with Gasteiger partial charge in [-0.2, -0.15) is 5.26 Å². The largest absolute Gasteiger partial charge is 0.573 e. The summed E-state index contributed by atoms with van der Waals surface area (Å²) in [7, 11) is 0. The lowest BCUT2D eigenvalue weighted by molar-refractivity contribution is -0.274. The van der Waals surface area contributed by atoms with Crippen LogP contribution in [0.1, 0.15) is 0 Å². The molecule has 1 aromatic rings. The van der Waals surface area contributed by atoms with Gasteiger partial charge < -0.3 is 4.74 Å². The van der Waals surface area contributed by atoms with Crippen LogP contribution in [0.4, 0.5) is 18.9 Å². The maximum atomic E-state index is 12.0. The topological polar surface area (TPSA) is 57.4 Å². The lowest BCUT2D eigenvalue weighted by Crippen LogP contribution is -2.17. The van der Waals surface area contributed by atoms with Gasteiger partial charge in [0.05, 0.1) is 10.7 Å². The third-order valence-electron chi connectivity index (χ3n) is 1.73. The highest BCUT2D eigenvalue weighted by Crippen LogP contribution is 2.32. The fourth-order valence-corrected chi connectivity index (χ4v) is 1.61. The molecule has 0 aliphatic carbocycles. The molecule has 1 aromatic carbocycles. The lowest BCUT2D eigenvalue weighted by atomic mass is 10.3. The van der Waals surface area contributed by atoms with Crippen molar-refractivity contribution in [1.29, 1.82) is 5.26 Å². The Morgan fingerprint density at radius 2 is 2.21 bits per heavy atom. The van der Waals surface area contributed by atoms with Crippen LogP contribution >= 0.6 is 23.4 Å². The van der Waals surface area contributed by atoms with E-state index in [1.165, 1.54) is 6.07 Å². The maximum Gasteiger partial charge on any atom is 0.573 e. The molecule has 102 valence electrons. The molecule has 0 aliphatic rings. The van der Waals surface area contributed by atoms with Crippen LogP contribution in [0.2, 0.25) is 5.02 Å². The first-order valence-electron chi connectivity index (χ1n) is 4.69. The summed E-state index contributed by atoms with van der Waals surface area (Å²) in [5.41, 5.74) is 0.225. The summed E-state index contributed by atoms with van der Waals surface area (Å²) in [4.78, 5) is 3.98. The Balaban J connectivity index is 2.98. The zero-order valence-electron chi connectivity index (χ0n) is 9.45. The van der Waals surface area contributed by atoms with Crippen molar-refractivity contribution in [1.82, 2.24) is 5.32 Å². The highest BCUT2D eigenvalue weighted by molar-refractivity contribution is 8.13. The van der Waals surface area contributed by atoms with Crippen LogP contribution in [-0.4, -0.2) is 17.8 Å². The number of halogens is 4. The van der Waals surface area contributed by atoms with E-state index in [4.69, 9.17) is 16.9 Å². The van der Waals surface area contributed by atoms with Crippen LogP contribution in [0.15, 0.2) is 23.2 Å². The number of hydrogen-bond donors (Lipinski definition) is 1. The Kier molecular flexibility index (Phi) is 5.32. The van der Waals surface area contributed by atoms with Crippen molar-refractivity contribution in [3.63, 3.8) is 0 Å². The van der Waals surface area contributed by atoms with Gasteiger partial charge in [0.1, 0.15) is 5.75 Å². The van der Waals surface area contributed by atoms with Gasteiger partial charge in [0.15, 0.2) is 11.4 Å². The van der Waals surface area contributed by atoms with Gasteiger partial charge in [-0.25, -0.2) is 4.99 Å². The maximum absolute atomic E-state index is 12.0. The van der Waals surface area contributed by atoms with Gasteiger partial charge in [0, 0.05) is 6.07 Å². The van der Waals surface area contributed by atoms with Crippen molar-refractivity contribution in [3.8, 4) is 11.9 Å². The minimum absolute atomic E-state index is 0.0203. The van der Waals surface area contributed by atoms with Gasteiger partial charge in [-0.1, -0.05) is 23.4 Å². The van der Waals surface area contributed by atoms with Crippen molar-refractivity contribution in [2.45, 2.75) is 6.36 Å². The molecule has 0 heterocycles. The second-order valence-electron chi connectivity index (χ2n) is 3.02. The highest BCUT2D eigenvalue weighted by atomic mass is 35.5. The number of nitrogens with zero attached hydrogens (tertiary/aromatic N) is 2. The first-order valence-corrected chi connectivity index (χ1v) is 6.29. The van der Waals surface area contributed by atoms with Crippen LogP contribution < -0.4 is 10.1 Å². The molecule has 0 spiro atoms. The summed E-state index contributed by atoms with van der Waals surface area (Å²) in [6.45, 7) is 0. The van der Waals surface area contributed by atoms with Crippen molar-refractivity contribution >= 4 is 34.2 Å². The molecular weight excluding hydrogens is 303 g/mol. The Morgan fingerprint density at radius 1 is 1.53 bits per heavy atom. The Hall–Kier alpha value is -1.59. The van der Waals surface area contributed by atoms with Gasteiger partial charge in [-0.3, -0.25) is 5.32 Å². The van der Waals surface area contributed by atoms with Gasteiger partial charge in [-0.05, 0) is 18.4 Å². The van der Waals surface area contributed by atoms with Crippen LogP contribution in [0.5, 0.6) is 5.75 Å². The minimum Gasteiger partial charge on any atom is -0.406 e. The minimum atomic E-state index is -4.78. The molecule has 4 nitrogen and oxygen atoms in total. The third kappa shape index (κ3) is 5.28. The lowest BCUT2D eigenvalue weighted by Gasteiger charge is -2.09. The summed E-state index contributed by atoms with van der Waals surface area (Å²) in [5.74, 6) is -0.435. The van der Waals surface area contributed by atoms with Gasteiger partial charge >= 0.3 is 6.36 Å². The molecular formula is C10H7ClF3N3OS. The quantitative estimate of drug-likeness (QED) is 0.392. The van der Waals surface area contributed by atoms with E-state index < -0.39 is 12.1 Å². The smallest absolute Gasteiger partial charge is 0.406 e. The van der Waals surface area contributed by atoms with Crippen molar-refractivity contribution in [3.05, 3.63) is 23.2 Å². The highest BCUT2D eigenvalue weighted by Gasteiger charge is 2.31. The average Bonchev–Trinajstić information content (AvgIpc) is 2.29. The molecule has 0 aliphatic heterocycles. The van der Waals surface area contributed by atoms with Crippen LogP contribution in [-0.2, 0) is 0 Å². The summed E-state index contributed by atoms with van der Waals surface area (Å²) in [6, 6.07) is 3.35. The number of ether oxygens (including phenoxy) is 1. The number of thioether (sulfide) groups is 1. The fraction of sp³-hybridized carbons (Fsp3) is 0.200. The normalized spacial score (nSPS) is 11.9. The molecule has 0 unspecified atom stereocenters. The molecule has 1 N–H and O–H groups in total. The summed E-state index contributed by atoms with van der Waals surface area (Å²) >= 11 is 6.94. The molecule has 0 bridgehead atoms. The van der Waals surface area contributed by atoms with E-state index in [9.17, 15) is 13.2 Å². The Morgan fingerprint density at radius 3 is 2.68 bits per heavy atom. The summed E-state index contributed by atoms with van der Waals surface area (Å²) < 4.78 is 39.7. The number of nitrogens with one attached hydrogen (secondary N) is 1. The number of benzene rings is 1. The molecule has 1 rings (SSSR count). The van der Waals surface area contributed by atoms with E-state index in [0.29, 0.717) is 0 Å². The zero-order chi connectivity index (χ0) is 14.5. The van der Waals surface area contributed by atoms with Crippen molar-refractivity contribution in [2.24, 2.45) is 4.99 Å². The van der Waals surface area contributed by atoms with E-state index in [1.54, 1.807) is 12.4 Å². The third-order valence-corrected chi connectivity index (χ3v) is 2.61. The molecule has 9 heteroatoms. The SMILES string of the molecule is CSC(=Nc1ccc(OC(F)(F)F)cc1Cl)NC#N. The van der Waals surface area contributed by atoms with Gasteiger partial charge in [-0.15, -0.1) is 13.2 Å². The molecule has 0 saturated carbocycles. The molecule has 0 fully saturated rings. The Bertz CT molecular complexity index is 528. The van der Waals surface area contributed by atoms with Crippen LogP contribution in [0, 0.1) is 11.5 Å². The molecule has 0 radical (unpaired) electrons. The second-order valence-corrected chi connectivity index (χ2v) is 4.22. The predicted octanol–water partition coefficient (Wildman–Crippen LogP) is 3.66. The van der Waals surface area contributed by atoms with E-state index in [0.717, 1.165) is 23.9 Å². The molecule has 0 aromatic heterocycles. The fourth-order valence-electron chi connectivity index (χ4n) is 1.06. The second kappa shape index (κ2) is 6.54. The number of rotatable bonds is 2. The van der Waals surface area contributed by atoms with Crippen molar-refractivity contribution in [2.75, 3.05) is 6.26 Å². The standard InChI is InChI=1S/C10H7ClF3N3OS/c1-19-9(16-5-15)17-8-3-2-6(4-7(8)11)18-10(12,13)14/h2-4H,1H3,(H,16,17). The summed E-state index contributed by atoms with van der Waals surface area (Å²) in [5, 5.41) is 11.0. The molecule has 0 amide bonds. The number of amidine groups is 1. The van der Waals surface area contributed by atoms with E-state index in [2.05, 4.69) is 15.0 Å². The van der Waals surface area contributed by atoms with E-state index in [-0.39, 0.29) is 15.9 Å². The molecule has 19 heavy (non-hydrogen) atoms. The number of alkyl halides is 3. The molecule has 0 atom stereocenters. The van der Waals surface area contributed by atoms with E-state index in [1.807, 2.05) is 0 Å². The number of aliphatic imine (C=N–C) groups is 1. The first-order chi connectivity index (χ1) is 8.85.